The van der Waals surface area contributed by atoms with Crippen molar-refractivity contribution in [3.8, 4) is 0 Å². The van der Waals surface area contributed by atoms with E-state index in [1.54, 1.807) is 6.92 Å². The number of furan rings is 1. The van der Waals surface area contributed by atoms with Gasteiger partial charge in [-0.05, 0) is 30.8 Å². The van der Waals surface area contributed by atoms with Crippen LogP contribution in [-0.2, 0) is 0 Å². The largest absolute Gasteiger partial charge is 0.452 e. The van der Waals surface area contributed by atoms with Gasteiger partial charge >= 0.3 is 0 Å². The maximum atomic E-state index is 11.6. The van der Waals surface area contributed by atoms with Crippen LogP contribution in [0.2, 0.25) is 5.22 Å². The molecule has 1 rings (SSSR count). The normalized spacial score (nSPS) is 14.5. The molecule has 1 amide bonds. The summed E-state index contributed by atoms with van der Waals surface area (Å²) in [6.45, 7) is 1.84. The second-order valence-electron chi connectivity index (χ2n) is 3.72. The van der Waals surface area contributed by atoms with Crippen LogP contribution >= 0.6 is 23.4 Å². The molecule has 0 aliphatic rings. The van der Waals surface area contributed by atoms with Crippen molar-refractivity contribution in [2.45, 2.75) is 12.5 Å². The van der Waals surface area contributed by atoms with Crippen molar-refractivity contribution in [1.82, 2.24) is 5.32 Å². The first-order valence-corrected chi connectivity index (χ1v) is 6.46. The van der Waals surface area contributed by atoms with Crippen LogP contribution in [0.1, 0.15) is 17.3 Å². The Balaban J connectivity index is 2.51. The first kappa shape index (κ1) is 13.4. The Bertz CT molecular complexity index is 365. The van der Waals surface area contributed by atoms with E-state index in [9.17, 15) is 9.90 Å². The Hall–Kier alpha value is -0.650. The SMILES string of the molecule is CSCC(C)(O)CNC(=O)c1ccoc1Cl. The predicted molar refractivity (Wildman–Crippen MR) is 65.1 cm³/mol. The lowest BCUT2D eigenvalue weighted by molar-refractivity contribution is 0.0724. The van der Waals surface area contributed by atoms with Crippen molar-refractivity contribution in [3.05, 3.63) is 23.1 Å². The van der Waals surface area contributed by atoms with E-state index < -0.39 is 5.60 Å². The lowest BCUT2D eigenvalue weighted by Crippen LogP contribution is -2.42. The van der Waals surface area contributed by atoms with Crippen LogP contribution in [0.15, 0.2) is 16.7 Å². The van der Waals surface area contributed by atoms with E-state index in [0.29, 0.717) is 5.75 Å². The third kappa shape index (κ3) is 3.73. The van der Waals surface area contributed by atoms with Crippen molar-refractivity contribution in [1.29, 1.82) is 0 Å². The monoisotopic (exact) mass is 263 g/mol. The summed E-state index contributed by atoms with van der Waals surface area (Å²) in [5, 5.41) is 12.5. The summed E-state index contributed by atoms with van der Waals surface area (Å²) >= 11 is 7.17. The molecule has 6 heteroatoms. The molecule has 0 saturated carbocycles. The van der Waals surface area contributed by atoms with E-state index in [0.717, 1.165) is 0 Å². The highest BCUT2D eigenvalue weighted by Crippen LogP contribution is 2.16. The molecule has 0 aliphatic carbocycles. The Labute approximate surface area is 103 Å². The van der Waals surface area contributed by atoms with Crippen LogP contribution in [0.5, 0.6) is 0 Å². The zero-order valence-corrected chi connectivity index (χ0v) is 10.7. The molecule has 1 aromatic heterocycles. The minimum atomic E-state index is -0.925. The summed E-state index contributed by atoms with van der Waals surface area (Å²) in [6, 6.07) is 1.49. The fourth-order valence-electron chi connectivity index (χ4n) is 1.18. The van der Waals surface area contributed by atoms with Crippen molar-refractivity contribution >= 4 is 29.3 Å². The van der Waals surface area contributed by atoms with Crippen LogP contribution in [-0.4, -0.2) is 35.2 Å². The molecule has 1 unspecified atom stereocenters. The standard InChI is InChI=1S/C10H14ClNO3S/c1-10(14,6-16-2)5-12-9(13)7-3-4-15-8(7)11/h3-4,14H,5-6H2,1-2H3,(H,12,13). The molecule has 1 aromatic rings. The molecule has 4 nitrogen and oxygen atoms in total. The molecule has 0 spiro atoms. The fraction of sp³-hybridized carbons (Fsp3) is 0.500. The van der Waals surface area contributed by atoms with Crippen LogP contribution in [0, 0.1) is 0 Å². The smallest absolute Gasteiger partial charge is 0.256 e. The van der Waals surface area contributed by atoms with Gasteiger partial charge in [0, 0.05) is 12.3 Å². The number of hydrogen-bond acceptors (Lipinski definition) is 4. The first-order chi connectivity index (χ1) is 7.46. The molecule has 0 aliphatic heterocycles. The quantitative estimate of drug-likeness (QED) is 0.850. The van der Waals surface area contributed by atoms with Crippen LogP contribution < -0.4 is 5.32 Å². The Morgan fingerprint density at radius 1 is 1.75 bits per heavy atom. The predicted octanol–water partition coefficient (Wildman–Crippen LogP) is 1.78. The van der Waals surface area contributed by atoms with Crippen LogP contribution in [0.4, 0.5) is 0 Å². The molecule has 0 radical (unpaired) electrons. The average molecular weight is 264 g/mol. The van der Waals surface area contributed by atoms with Gasteiger partial charge < -0.3 is 14.8 Å². The van der Waals surface area contributed by atoms with E-state index in [4.69, 9.17) is 16.0 Å². The molecule has 1 atom stereocenters. The van der Waals surface area contributed by atoms with Crippen molar-refractivity contribution in [2.24, 2.45) is 0 Å². The number of carbonyl (C=O) groups excluding carboxylic acids is 1. The van der Waals surface area contributed by atoms with Gasteiger partial charge in [0.1, 0.15) is 0 Å². The minimum Gasteiger partial charge on any atom is -0.452 e. The maximum Gasteiger partial charge on any atom is 0.256 e. The summed E-state index contributed by atoms with van der Waals surface area (Å²) in [5.74, 6) is 0.201. The summed E-state index contributed by atoms with van der Waals surface area (Å²) in [7, 11) is 0. The molecular weight excluding hydrogens is 250 g/mol. The summed E-state index contributed by atoms with van der Waals surface area (Å²) in [4.78, 5) is 11.6. The Morgan fingerprint density at radius 2 is 2.44 bits per heavy atom. The van der Waals surface area contributed by atoms with E-state index in [1.165, 1.54) is 24.1 Å². The Morgan fingerprint density at radius 3 is 2.94 bits per heavy atom. The minimum absolute atomic E-state index is 0.0574. The van der Waals surface area contributed by atoms with Gasteiger partial charge in [0.05, 0.1) is 17.4 Å². The fourth-order valence-corrected chi connectivity index (χ4v) is 2.11. The van der Waals surface area contributed by atoms with E-state index >= 15 is 0 Å². The van der Waals surface area contributed by atoms with Gasteiger partial charge in [0.25, 0.3) is 5.91 Å². The molecule has 90 valence electrons. The average Bonchev–Trinajstić information content (AvgIpc) is 2.61. The number of halogens is 1. The van der Waals surface area contributed by atoms with E-state index in [-0.39, 0.29) is 23.2 Å². The number of aliphatic hydroxyl groups is 1. The topological polar surface area (TPSA) is 62.5 Å². The molecule has 0 saturated heterocycles. The van der Waals surface area contributed by atoms with Gasteiger partial charge in [-0.1, -0.05) is 0 Å². The Kier molecular flexibility index (Phi) is 4.70. The molecular formula is C10H14ClNO3S. The lowest BCUT2D eigenvalue weighted by atomic mass is 10.1. The van der Waals surface area contributed by atoms with Crippen molar-refractivity contribution in [3.63, 3.8) is 0 Å². The third-order valence-corrected chi connectivity index (χ3v) is 3.15. The molecule has 1 heterocycles. The van der Waals surface area contributed by atoms with Crippen LogP contribution in [0.3, 0.4) is 0 Å². The second kappa shape index (κ2) is 5.61. The highest BCUT2D eigenvalue weighted by atomic mass is 35.5. The highest BCUT2D eigenvalue weighted by molar-refractivity contribution is 7.98. The summed E-state index contributed by atoms with van der Waals surface area (Å²) in [6.07, 6.45) is 3.24. The summed E-state index contributed by atoms with van der Waals surface area (Å²) in [5.41, 5.74) is -0.646. The zero-order chi connectivity index (χ0) is 12.2. The van der Waals surface area contributed by atoms with Gasteiger partial charge in [-0.25, -0.2) is 0 Å². The van der Waals surface area contributed by atoms with Gasteiger partial charge in [0.2, 0.25) is 5.22 Å². The second-order valence-corrected chi connectivity index (χ2v) is 4.93. The van der Waals surface area contributed by atoms with Gasteiger partial charge in [-0.2, -0.15) is 11.8 Å². The number of nitrogens with one attached hydrogen (secondary N) is 1. The van der Waals surface area contributed by atoms with Gasteiger partial charge in [0.15, 0.2) is 0 Å². The van der Waals surface area contributed by atoms with Crippen molar-refractivity contribution < 1.29 is 14.3 Å². The summed E-state index contributed by atoms with van der Waals surface area (Å²) < 4.78 is 4.80. The molecule has 0 bridgehead atoms. The number of carbonyl (C=O) groups is 1. The van der Waals surface area contributed by atoms with Gasteiger partial charge in [-0.3, -0.25) is 4.79 Å². The third-order valence-electron chi connectivity index (χ3n) is 1.95. The van der Waals surface area contributed by atoms with E-state index in [2.05, 4.69) is 5.32 Å². The first-order valence-electron chi connectivity index (χ1n) is 4.69. The number of thioether (sulfide) groups is 1. The highest BCUT2D eigenvalue weighted by Gasteiger charge is 2.22. The molecule has 2 N–H and O–H groups in total. The molecule has 0 aromatic carbocycles. The number of rotatable bonds is 5. The number of amides is 1. The lowest BCUT2D eigenvalue weighted by Gasteiger charge is -2.22. The zero-order valence-electron chi connectivity index (χ0n) is 9.12. The van der Waals surface area contributed by atoms with Gasteiger partial charge in [-0.15, -0.1) is 0 Å². The number of hydrogen-bond donors (Lipinski definition) is 2. The van der Waals surface area contributed by atoms with Crippen LogP contribution in [0.25, 0.3) is 0 Å². The van der Waals surface area contributed by atoms with E-state index in [1.807, 2.05) is 6.26 Å². The molecule has 0 fully saturated rings. The van der Waals surface area contributed by atoms with Crippen molar-refractivity contribution in [2.75, 3.05) is 18.6 Å². The maximum absolute atomic E-state index is 11.6. The molecule has 16 heavy (non-hydrogen) atoms.